The van der Waals surface area contributed by atoms with Gasteiger partial charge in [0.05, 0.1) is 0 Å². The number of Topliss-reactive ketones (excluding diaryl/α,β-unsaturated/α-hetero) is 2. The molecule has 0 aromatic heterocycles. The van der Waals surface area contributed by atoms with Crippen molar-refractivity contribution in [3.05, 3.63) is 34.4 Å². The highest BCUT2D eigenvalue weighted by Crippen LogP contribution is 2.39. The van der Waals surface area contributed by atoms with Crippen LogP contribution < -0.4 is 5.32 Å². The molecule has 0 unspecified atom stereocenters. The van der Waals surface area contributed by atoms with Crippen molar-refractivity contribution < 1.29 is 14.4 Å². The van der Waals surface area contributed by atoms with Crippen LogP contribution in [-0.4, -0.2) is 41.1 Å². The number of urea groups is 1. The molecule has 2 fully saturated rings. The van der Waals surface area contributed by atoms with Crippen LogP contribution in [0.15, 0.2) is 12.1 Å². The molecule has 1 aromatic rings. The molecule has 3 rings (SSSR count). The third-order valence-electron chi connectivity index (χ3n) is 6.07. The topological polar surface area (TPSA) is 66.5 Å². The quantitative estimate of drug-likeness (QED) is 0.599. The number of hydrogen-bond acceptors (Lipinski definition) is 3. The molecule has 1 aliphatic carbocycles. The SMILES string of the molecule is CC#Cc1cc(C)c(C2C(=O)CC(C3CN(C(=O)NC(C)(C)C)C3)CC2=O)c(C)c1. The number of aryl methyl sites for hydroxylation is 2. The van der Waals surface area contributed by atoms with Crippen molar-refractivity contribution in [2.45, 2.75) is 65.8 Å². The van der Waals surface area contributed by atoms with Crippen LogP contribution in [0.1, 0.15) is 68.7 Å². The Balaban J connectivity index is 1.68. The second-order valence-corrected chi connectivity index (χ2v) is 9.78. The molecular formula is C25H32N2O3. The Morgan fingerprint density at radius 1 is 1.03 bits per heavy atom. The zero-order chi connectivity index (χ0) is 22.2. The molecule has 1 saturated carbocycles. The van der Waals surface area contributed by atoms with Gasteiger partial charge in [-0.05, 0) is 82.2 Å². The summed E-state index contributed by atoms with van der Waals surface area (Å²) in [5, 5.41) is 2.96. The van der Waals surface area contributed by atoms with Crippen molar-refractivity contribution in [2.24, 2.45) is 11.8 Å². The van der Waals surface area contributed by atoms with Gasteiger partial charge in [0, 0.05) is 37.0 Å². The average molecular weight is 409 g/mol. The van der Waals surface area contributed by atoms with Gasteiger partial charge in [-0.1, -0.05) is 5.92 Å². The van der Waals surface area contributed by atoms with E-state index in [0.717, 1.165) is 22.3 Å². The van der Waals surface area contributed by atoms with Gasteiger partial charge in [-0.25, -0.2) is 4.79 Å². The average Bonchev–Trinajstić information content (AvgIpc) is 2.54. The number of likely N-dealkylation sites (tertiary alicyclic amines) is 1. The molecule has 2 amide bonds. The molecule has 1 N–H and O–H groups in total. The van der Waals surface area contributed by atoms with Gasteiger partial charge in [0.15, 0.2) is 0 Å². The predicted molar refractivity (Wildman–Crippen MR) is 117 cm³/mol. The van der Waals surface area contributed by atoms with E-state index in [9.17, 15) is 14.4 Å². The Morgan fingerprint density at radius 3 is 2.03 bits per heavy atom. The zero-order valence-electron chi connectivity index (χ0n) is 18.9. The standard InChI is InChI=1S/C25H32N2O3/c1-7-8-17-9-15(2)22(16(3)10-17)23-20(28)11-18(12-21(23)29)19-13-27(14-19)24(30)26-25(4,5)6/h9-10,18-19,23H,11-14H2,1-6H3,(H,26,30). The molecule has 5 heteroatoms. The van der Waals surface area contributed by atoms with E-state index in [4.69, 9.17) is 0 Å². The van der Waals surface area contributed by atoms with Crippen LogP contribution in [0.3, 0.4) is 0 Å². The normalized spacial score (nSPS) is 22.3. The summed E-state index contributed by atoms with van der Waals surface area (Å²) in [6.07, 6.45) is 0.816. The van der Waals surface area contributed by atoms with Gasteiger partial charge < -0.3 is 10.2 Å². The number of rotatable bonds is 2. The van der Waals surface area contributed by atoms with Crippen LogP contribution in [0.2, 0.25) is 0 Å². The Kier molecular flexibility index (Phi) is 6.08. The summed E-state index contributed by atoms with van der Waals surface area (Å²) < 4.78 is 0. The van der Waals surface area contributed by atoms with E-state index in [1.54, 1.807) is 11.8 Å². The fraction of sp³-hybridized carbons (Fsp3) is 0.560. The lowest BCUT2D eigenvalue weighted by Crippen LogP contribution is -2.59. The summed E-state index contributed by atoms with van der Waals surface area (Å²) in [4.78, 5) is 40.1. The number of ketones is 2. The summed E-state index contributed by atoms with van der Waals surface area (Å²) in [5.41, 5.74) is 3.39. The molecule has 1 saturated heterocycles. The van der Waals surface area contributed by atoms with E-state index in [1.165, 1.54) is 0 Å². The molecule has 1 heterocycles. The molecule has 1 aromatic carbocycles. The minimum absolute atomic E-state index is 0.00867. The Bertz CT molecular complexity index is 898. The van der Waals surface area contributed by atoms with E-state index in [0.29, 0.717) is 25.9 Å². The maximum absolute atomic E-state index is 13.0. The second kappa shape index (κ2) is 8.26. The molecular weight excluding hydrogens is 376 g/mol. The number of benzene rings is 1. The first-order valence-electron chi connectivity index (χ1n) is 10.7. The van der Waals surface area contributed by atoms with Gasteiger partial charge in [-0.15, -0.1) is 5.92 Å². The van der Waals surface area contributed by atoms with Crippen LogP contribution >= 0.6 is 0 Å². The maximum Gasteiger partial charge on any atom is 0.317 e. The summed E-state index contributed by atoms with van der Waals surface area (Å²) in [6, 6.07) is 3.85. The van der Waals surface area contributed by atoms with E-state index in [2.05, 4.69) is 17.2 Å². The lowest BCUT2D eigenvalue weighted by molar-refractivity contribution is -0.135. The largest absolute Gasteiger partial charge is 0.333 e. The van der Waals surface area contributed by atoms with E-state index in [-0.39, 0.29) is 35.0 Å². The van der Waals surface area contributed by atoms with Gasteiger partial charge in [0.2, 0.25) is 0 Å². The van der Waals surface area contributed by atoms with Crippen LogP contribution in [0, 0.1) is 37.5 Å². The monoisotopic (exact) mass is 408 g/mol. The fourth-order valence-electron chi connectivity index (χ4n) is 4.68. The number of carbonyl (C=O) groups excluding carboxylic acids is 3. The molecule has 0 spiro atoms. The van der Waals surface area contributed by atoms with Crippen LogP contribution in [0.25, 0.3) is 0 Å². The highest BCUT2D eigenvalue weighted by molar-refractivity contribution is 6.10. The summed E-state index contributed by atoms with van der Waals surface area (Å²) in [5.74, 6) is 5.55. The zero-order valence-corrected chi connectivity index (χ0v) is 18.9. The summed E-state index contributed by atoms with van der Waals surface area (Å²) >= 11 is 0. The Hall–Kier alpha value is -2.61. The van der Waals surface area contributed by atoms with E-state index in [1.807, 2.05) is 46.8 Å². The van der Waals surface area contributed by atoms with Crippen molar-refractivity contribution in [2.75, 3.05) is 13.1 Å². The number of carbonyl (C=O) groups is 3. The van der Waals surface area contributed by atoms with Crippen molar-refractivity contribution in [3.8, 4) is 11.8 Å². The van der Waals surface area contributed by atoms with Crippen molar-refractivity contribution in [1.29, 1.82) is 0 Å². The smallest absolute Gasteiger partial charge is 0.317 e. The lowest BCUT2D eigenvalue weighted by atomic mass is 9.69. The molecule has 0 atom stereocenters. The first-order valence-corrected chi connectivity index (χ1v) is 10.7. The minimum Gasteiger partial charge on any atom is -0.333 e. The molecule has 1 aliphatic heterocycles. The Labute approximate surface area is 179 Å². The summed E-state index contributed by atoms with van der Waals surface area (Å²) in [7, 11) is 0. The van der Waals surface area contributed by atoms with Gasteiger partial charge in [-0.3, -0.25) is 9.59 Å². The first-order chi connectivity index (χ1) is 14.0. The minimum atomic E-state index is -0.662. The van der Waals surface area contributed by atoms with Gasteiger partial charge >= 0.3 is 6.03 Å². The van der Waals surface area contributed by atoms with E-state index < -0.39 is 5.92 Å². The molecule has 30 heavy (non-hydrogen) atoms. The third-order valence-corrected chi connectivity index (χ3v) is 6.07. The first kappa shape index (κ1) is 22.1. The van der Waals surface area contributed by atoms with Gasteiger partial charge in [0.1, 0.15) is 17.5 Å². The molecule has 0 radical (unpaired) electrons. The lowest BCUT2D eigenvalue weighted by Gasteiger charge is -2.45. The van der Waals surface area contributed by atoms with Crippen LogP contribution in [0.4, 0.5) is 4.79 Å². The number of amides is 2. The number of hydrogen-bond donors (Lipinski definition) is 1. The van der Waals surface area contributed by atoms with Crippen molar-refractivity contribution >= 4 is 17.6 Å². The molecule has 2 aliphatic rings. The highest BCUT2D eigenvalue weighted by Gasteiger charge is 2.44. The Morgan fingerprint density at radius 2 is 1.57 bits per heavy atom. The van der Waals surface area contributed by atoms with Crippen LogP contribution in [0.5, 0.6) is 0 Å². The van der Waals surface area contributed by atoms with Crippen LogP contribution in [-0.2, 0) is 9.59 Å². The maximum atomic E-state index is 13.0. The second-order valence-electron chi connectivity index (χ2n) is 9.78. The molecule has 0 bridgehead atoms. The third kappa shape index (κ3) is 4.59. The number of nitrogens with zero attached hydrogens (tertiary/aromatic N) is 1. The predicted octanol–water partition coefficient (Wildman–Crippen LogP) is 3.75. The van der Waals surface area contributed by atoms with Gasteiger partial charge in [-0.2, -0.15) is 0 Å². The number of nitrogens with one attached hydrogen (secondary N) is 1. The molecule has 5 nitrogen and oxygen atoms in total. The van der Waals surface area contributed by atoms with Crippen molar-refractivity contribution in [1.82, 2.24) is 10.2 Å². The summed E-state index contributed by atoms with van der Waals surface area (Å²) in [6.45, 7) is 12.8. The van der Waals surface area contributed by atoms with Crippen molar-refractivity contribution in [3.63, 3.8) is 0 Å². The van der Waals surface area contributed by atoms with Gasteiger partial charge in [0.25, 0.3) is 0 Å². The fourth-order valence-corrected chi connectivity index (χ4v) is 4.68. The van der Waals surface area contributed by atoms with E-state index >= 15 is 0 Å². The highest BCUT2D eigenvalue weighted by atomic mass is 16.2. The molecule has 160 valence electrons.